The van der Waals surface area contributed by atoms with E-state index in [1.165, 1.54) is 4.90 Å². The first-order valence-electron chi connectivity index (χ1n) is 20.1. The molecule has 0 aromatic heterocycles. The number of hydrogen-bond acceptors (Lipinski definition) is 6. The first-order chi connectivity index (χ1) is 27.5. The number of hydrogen-bond donors (Lipinski definition) is 2. The molecule has 57 heavy (non-hydrogen) atoms. The third-order valence-corrected chi connectivity index (χ3v) is 17.5. The van der Waals surface area contributed by atoms with Gasteiger partial charge in [-0.25, -0.2) is 0 Å². The van der Waals surface area contributed by atoms with Crippen molar-refractivity contribution in [2.45, 2.75) is 57.5 Å². The van der Waals surface area contributed by atoms with Gasteiger partial charge in [-0.3, -0.25) is 14.5 Å². The minimum absolute atomic E-state index is 0.167. The van der Waals surface area contributed by atoms with Crippen molar-refractivity contribution in [1.82, 2.24) is 4.90 Å². The monoisotopic (exact) mass is 775 g/mol. The molecule has 2 N–H and O–H groups in total. The van der Waals surface area contributed by atoms with Gasteiger partial charge in [-0.1, -0.05) is 148 Å². The summed E-state index contributed by atoms with van der Waals surface area (Å²) in [6, 6.07) is 42.8. The summed E-state index contributed by atoms with van der Waals surface area (Å²) in [5.41, 5.74) is 5.13. The van der Waals surface area contributed by atoms with Crippen LogP contribution >= 0.6 is 0 Å². The standard InChI is InChI=1S/C48H50BNO6Si/c1-48(2,3)57(36-18-10-6-11-19-36,37-20-12-7-13-21-37)55-31-35-29-40-45(47(53)50(4)46(40)52)41-30-49(54)56-43(44(35)41)27-25-33(32-16-8-5-9-17-32)28-34-24-26-42(51)39-23-15-14-22-38(34)39/h5-24,26,28,40-41,43,45,51,54H,25,27,29-31H2,1-4H3/b33-28-/t40-,41+,43-,45-/m1/s1. The third-order valence-electron chi connectivity index (χ3n) is 12.5. The maximum Gasteiger partial charge on any atom is 0.455 e. The lowest BCUT2D eigenvalue weighted by atomic mass is 9.58. The van der Waals surface area contributed by atoms with E-state index in [0.717, 1.165) is 49.0 Å². The van der Waals surface area contributed by atoms with Gasteiger partial charge in [0.25, 0.3) is 8.32 Å². The van der Waals surface area contributed by atoms with E-state index in [1.807, 2.05) is 60.7 Å². The van der Waals surface area contributed by atoms with Gasteiger partial charge in [0.05, 0.1) is 24.5 Å². The number of nitrogens with zero attached hydrogens (tertiary/aromatic N) is 1. The number of benzene rings is 5. The summed E-state index contributed by atoms with van der Waals surface area (Å²) in [6.45, 7) is 7.04. The highest BCUT2D eigenvalue weighted by molar-refractivity contribution is 6.99. The molecule has 0 spiro atoms. The molecule has 1 aliphatic carbocycles. The Hall–Kier alpha value is -5.06. The van der Waals surface area contributed by atoms with Gasteiger partial charge in [0.2, 0.25) is 11.8 Å². The van der Waals surface area contributed by atoms with E-state index < -0.39 is 33.4 Å². The minimum Gasteiger partial charge on any atom is -0.507 e. The number of rotatable bonds is 10. The van der Waals surface area contributed by atoms with Crippen LogP contribution in [0.5, 0.6) is 5.75 Å². The van der Waals surface area contributed by atoms with Crippen LogP contribution < -0.4 is 10.4 Å². The fourth-order valence-corrected chi connectivity index (χ4v) is 14.4. The van der Waals surface area contributed by atoms with E-state index in [-0.39, 0.29) is 41.4 Å². The van der Waals surface area contributed by atoms with Crippen LogP contribution in [-0.2, 0) is 18.7 Å². The fraction of sp³-hybridized carbons (Fsp3) is 0.292. The van der Waals surface area contributed by atoms with Gasteiger partial charge >= 0.3 is 7.12 Å². The summed E-state index contributed by atoms with van der Waals surface area (Å²) in [6.07, 6.45) is 3.47. The van der Waals surface area contributed by atoms with E-state index in [2.05, 4.69) is 87.5 Å². The molecule has 9 heteroatoms. The van der Waals surface area contributed by atoms with E-state index in [1.54, 1.807) is 13.1 Å². The molecule has 3 aliphatic rings. The molecule has 2 aliphatic heterocycles. The zero-order valence-corrected chi connectivity index (χ0v) is 34.1. The highest BCUT2D eigenvalue weighted by Gasteiger charge is 2.57. The highest BCUT2D eigenvalue weighted by atomic mass is 28.4. The van der Waals surface area contributed by atoms with E-state index >= 15 is 0 Å². The largest absolute Gasteiger partial charge is 0.507 e. The molecule has 0 saturated carbocycles. The Morgan fingerprint density at radius 3 is 2.05 bits per heavy atom. The van der Waals surface area contributed by atoms with Crippen LogP contribution in [0.4, 0.5) is 0 Å². The summed E-state index contributed by atoms with van der Waals surface area (Å²) < 4.78 is 14.0. The van der Waals surface area contributed by atoms with E-state index in [0.29, 0.717) is 19.3 Å². The lowest BCUT2D eigenvalue weighted by Gasteiger charge is -2.46. The van der Waals surface area contributed by atoms with Gasteiger partial charge < -0.3 is 19.2 Å². The second-order valence-corrected chi connectivity index (χ2v) is 21.1. The summed E-state index contributed by atoms with van der Waals surface area (Å²) in [5.74, 6) is -1.54. The molecule has 290 valence electrons. The fourth-order valence-electron chi connectivity index (χ4n) is 9.87. The topological polar surface area (TPSA) is 96.3 Å². The van der Waals surface area contributed by atoms with E-state index in [9.17, 15) is 19.7 Å². The molecular weight excluding hydrogens is 725 g/mol. The number of carbonyl (C=O) groups is 2. The Morgan fingerprint density at radius 2 is 1.42 bits per heavy atom. The maximum absolute atomic E-state index is 13.8. The molecule has 0 radical (unpaired) electrons. The molecule has 2 amide bonds. The number of allylic oxidation sites excluding steroid dienone is 1. The number of phenolic OH excluding ortho intramolecular Hbond substituents is 1. The Kier molecular flexibility index (Phi) is 10.7. The first kappa shape index (κ1) is 38.8. The Morgan fingerprint density at radius 1 is 0.825 bits per heavy atom. The number of likely N-dealkylation sites (tertiary alicyclic amines) is 1. The van der Waals surface area contributed by atoms with Gasteiger partial charge in [-0.15, -0.1) is 0 Å². The van der Waals surface area contributed by atoms with Crippen molar-refractivity contribution in [3.05, 3.63) is 150 Å². The molecule has 0 bridgehead atoms. The number of aromatic hydroxyl groups is 1. The number of phenols is 1. The summed E-state index contributed by atoms with van der Waals surface area (Å²) in [4.78, 5) is 28.9. The number of imide groups is 1. The molecule has 2 fully saturated rings. The molecule has 0 unspecified atom stereocenters. The van der Waals surface area contributed by atoms with Crippen LogP contribution in [-0.4, -0.2) is 62.0 Å². The lowest BCUT2D eigenvalue weighted by molar-refractivity contribution is -0.138. The minimum atomic E-state index is -2.97. The zero-order valence-electron chi connectivity index (χ0n) is 33.1. The number of fused-ring (bicyclic) bond motifs is 4. The van der Waals surface area contributed by atoms with Crippen molar-refractivity contribution in [2.75, 3.05) is 13.7 Å². The van der Waals surface area contributed by atoms with Gasteiger partial charge in [0, 0.05) is 12.4 Å². The average molecular weight is 776 g/mol. The van der Waals surface area contributed by atoms with Crippen molar-refractivity contribution in [2.24, 2.45) is 17.8 Å². The summed E-state index contributed by atoms with van der Waals surface area (Å²) in [5, 5.41) is 25.8. The predicted molar refractivity (Wildman–Crippen MR) is 230 cm³/mol. The quantitative estimate of drug-likeness (QED) is 0.0650. The van der Waals surface area contributed by atoms with E-state index in [4.69, 9.17) is 9.08 Å². The molecule has 5 aromatic carbocycles. The van der Waals surface area contributed by atoms with Crippen LogP contribution in [0.25, 0.3) is 22.4 Å². The summed E-state index contributed by atoms with van der Waals surface area (Å²) in [7, 11) is -2.47. The molecule has 4 atom stereocenters. The second-order valence-electron chi connectivity index (χ2n) is 16.8. The second kappa shape index (κ2) is 15.7. The average Bonchev–Trinajstić information content (AvgIpc) is 3.44. The Labute approximate surface area is 336 Å². The Balaban J connectivity index is 1.22. The molecule has 2 heterocycles. The normalized spacial score (nSPS) is 21.6. The Bertz CT molecular complexity index is 2300. The molecule has 2 saturated heterocycles. The zero-order chi connectivity index (χ0) is 39.9. The molecule has 7 nitrogen and oxygen atoms in total. The van der Waals surface area contributed by atoms with Crippen molar-refractivity contribution in [3.63, 3.8) is 0 Å². The van der Waals surface area contributed by atoms with Crippen molar-refractivity contribution >= 4 is 60.0 Å². The first-order valence-corrected chi connectivity index (χ1v) is 22.0. The van der Waals surface area contributed by atoms with Gasteiger partial charge in [0.15, 0.2) is 0 Å². The maximum atomic E-state index is 13.8. The molecule has 5 aromatic rings. The molecule has 8 rings (SSSR count). The van der Waals surface area contributed by atoms with Crippen LogP contribution in [0.1, 0.15) is 51.2 Å². The smallest absolute Gasteiger partial charge is 0.455 e. The number of amides is 2. The van der Waals surface area contributed by atoms with Crippen LogP contribution in [0, 0.1) is 17.8 Å². The lowest BCUT2D eigenvalue weighted by Crippen LogP contribution is -2.66. The SMILES string of the molecule is CN1C(=O)[C@@H]2[C@@H](CC(CO[Si](c3ccccc3)(c3ccccc3)C(C)(C)C)=C3[C@@H](CC/C(=C/c4ccc(O)c5ccccc45)c4ccccc4)OB(O)C[C@@H]32)C1=O. The van der Waals surface area contributed by atoms with Gasteiger partial charge in [-0.05, 0) is 86.2 Å². The molecular formula is C48H50BNO6Si. The van der Waals surface area contributed by atoms with Crippen molar-refractivity contribution in [3.8, 4) is 5.75 Å². The van der Waals surface area contributed by atoms with Gasteiger partial charge in [-0.2, -0.15) is 0 Å². The summed E-state index contributed by atoms with van der Waals surface area (Å²) >= 11 is 0. The number of carbonyl (C=O) groups excluding carboxylic acids is 2. The van der Waals surface area contributed by atoms with Crippen molar-refractivity contribution < 1.29 is 28.8 Å². The van der Waals surface area contributed by atoms with Gasteiger partial charge in [0.1, 0.15) is 5.75 Å². The third kappa shape index (κ3) is 7.12. The highest BCUT2D eigenvalue weighted by Crippen LogP contribution is 2.51. The van der Waals surface area contributed by atoms with Crippen LogP contribution in [0.3, 0.4) is 0 Å². The van der Waals surface area contributed by atoms with Crippen LogP contribution in [0.2, 0.25) is 11.4 Å². The van der Waals surface area contributed by atoms with Crippen molar-refractivity contribution in [1.29, 1.82) is 0 Å². The van der Waals surface area contributed by atoms with Crippen LogP contribution in [0.15, 0.2) is 139 Å². The predicted octanol–water partition coefficient (Wildman–Crippen LogP) is 7.87.